The molecule has 7 heteroatoms. The third-order valence-electron chi connectivity index (χ3n) is 4.74. The fourth-order valence-corrected chi connectivity index (χ4v) is 3.12. The van der Waals surface area contributed by atoms with Crippen molar-refractivity contribution >= 4 is 23.2 Å². The van der Waals surface area contributed by atoms with Crippen LogP contribution in [0.25, 0.3) is 0 Å². The molecule has 1 aromatic carbocycles. The molecule has 2 aromatic rings. The topological polar surface area (TPSA) is 77.6 Å². The van der Waals surface area contributed by atoms with Gasteiger partial charge in [-0.2, -0.15) is 0 Å². The van der Waals surface area contributed by atoms with Gasteiger partial charge in [0.15, 0.2) is 0 Å². The molecule has 7 nitrogen and oxygen atoms in total. The second-order valence-corrected chi connectivity index (χ2v) is 8.43. The third kappa shape index (κ3) is 5.77. The lowest BCUT2D eigenvalue weighted by atomic mass is 10.1. The molecule has 0 aliphatic carbocycles. The van der Waals surface area contributed by atoms with Crippen molar-refractivity contribution in [3.63, 3.8) is 0 Å². The number of anilines is 2. The van der Waals surface area contributed by atoms with Gasteiger partial charge in [0.05, 0.1) is 0 Å². The van der Waals surface area contributed by atoms with Gasteiger partial charge in [-0.15, -0.1) is 0 Å². The zero-order valence-electron chi connectivity index (χ0n) is 17.5. The van der Waals surface area contributed by atoms with Crippen molar-refractivity contribution in [2.75, 3.05) is 43.4 Å². The summed E-state index contributed by atoms with van der Waals surface area (Å²) in [7, 11) is 2.13. The minimum atomic E-state index is -0.353. The van der Waals surface area contributed by atoms with Gasteiger partial charge in [0.2, 0.25) is 0 Å². The fraction of sp³-hybridized carbons (Fsp3) is 0.409. The molecule has 2 amide bonds. The first-order valence-electron chi connectivity index (χ1n) is 9.85. The number of nitrogens with zero attached hydrogens (tertiary/aromatic N) is 3. The zero-order chi connectivity index (χ0) is 21.0. The molecule has 1 saturated heterocycles. The zero-order valence-corrected chi connectivity index (χ0v) is 17.5. The van der Waals surface area contributed by atoms with E-state index in [1.165, 1.54) is 12.3 Å². The number of amides is 2. The highest BCUT2D eigenvalue weighted by Gasteiger charge is 2.18. The molecule has 1 aliphatic heterocycles. The number of aromatic nitrogens is 1. The van der Waals surface area contributed by atoms with Gasteiger partial charge >= 0.3 is 0 Å². The number of carbonyl (C=O) groups excluding carboxylic acids is 2. The maximum Gasteiger partial charge on any atom is 0.274 e. The highest BCUT2D eigenvalue weighted by Crippen LogP contribution is 2.20. The molecule has 0 spiro atoms. The van der Waals surface area contributed by atoms with Crippen LogP contribution in [-0.4, -0.2) is 60.5 Å². The van der Waals surface area contributed by atoms with Gasteiger partial charge in [-0.1, -0.05) is 0 Å². The molecule has 0 saturated carbocycles. The lowest BCUT2D eigenvalue weighted by Crippen LogP contribution is -2.44. The molecule has 3 rings (SSSR count). The van der Waals surface area contributed by atoms with Gasteiger partial charge in [-0.05, 0) is 64.2 Å². The van der Waals surface area contributed by atoms with E-state index in [0.717, 1.165) is 31.9 Å². The van der Waals surface area contributed by atoms with Crippen molar-refractivity contribution in [1.82, 2.24) is 15.2 Å². The van der Waals surface area contributed by atoms with E-state index in [2.05, 4.69) is 32.5 Å². The molecule has 1 fully saturated rings. The van der Waals surface area contributed by atoms with E-state index >= 15 is 0 Å². The third-order valence-corrected chi connectivity index (χ3v) is 4.74. The number of nitrogens with one attached hydrogen (secondary N) is 2. The van der Waals surface area contributed by atoms with Crippen molar-refractivity contribution in [2.45, 2.75) is 26.3 Å². The SMILES string of the molecule is CN1CCN(c2ccc(NC(=O)c3cc(C(=O)NC(C)(C)C)ccn3)cc2)CC1. The molecular weight excluding hydrogens is 366 g/mol. The van der Waals surface area contributed by atoms with Crippen LogP contribution in [0, 0.1) is 0 Å². The lowest BCUT2D eigenvalue weighted by Gasteiger charge is -2.34. The Hall–Kier alpha value is -2.93. The van der Waals surface area contributed by atoms with Crippen LogP contribution in [0.5, 0.6) is 0 Å². The molecule has 1 aliphatic rings. The van der Waals surface area contributed by atoms with Gasteiger partial charge in [0, 0.05) is 54.9 Å². The summed E-state index contributed by atoms with van der Waals surface area (Å²) < 4.78 is 0. The maximum atomic E-state index is 12.6. The van der Waals surface area contributed by atoms with Crippen molar-refractivity contribution < 1.29 is 9.59 Å². The first-order valence-corrected chi connectivity index (χ1v) is 9.85. The first-order chi connectivity index (χ1) is 13.7. The molecule has 2 N–H and O–H groups in total. The molecule has 0 atom stereocenters. The van der Waals surface area contributed by atoms with Crippen LogP contribution in [0.15, 0.2) is 42.6 Å². The first kappa shape index (κ1) is 20.8. The van der Waals surface area contributed by atoms with Gasteiger partial charge in [-0.3, -0.25) is 14.6 Å². The predicted octanol–water partition coefficient (Wildman–Crippen LogP) is 2.61. The number of pyridine rings is 1. The smallest absolute Gasteiger partial charge is 0.274 e. The van der Waals surface area contributed by atoms with Crippen molar-refractivity contribution in [3.8, 4) is 0 Å². The minimum absolute atomic E-state index is 0.203. The quantitative estimate of drug-likeness (QED) is 0.832. The number of rotatable bonds is 4. The van der Waals surface area contributed by atoms with E-state index in [0.29, 0.717) is 11.3 Å². The highest BCUT2D eigenvalue weighted by atomic mass is 16.2. The number of benzene rings is 1. The normalized spacial score (nSPS) is 15.1. The number of hydrogen-bond donors (Lipinski definition) is 2. The van der Waals surface area contributed by atoms with Crippen LogP contribution in [0.3, 0.4) is 0 Å². The molecule has 29 heavy (non-hydrogen) atoms. The minimum Gasteiger partial charge on any atom is -0.369 e. The molecule has 1 aromatic heterocycles. The summed E-state index contributed by atoms with van der Waals surface area (Å²) in [6, 6.07) is 10.9. The summed E-state index contributed by atoms with van der Waals surface area (Å²) in [6.45, 7) is 9.81. The Morgan fingerprint density at radius 2 is 1.62 bits per heavy atom. The predicted molar refractivity (Wildman–Crippen MR) is 116 cm³/mol. The van der Waals surface area contributed by atoms with Crippen molar-refractivity contribution in [2.24, 2.45) is 0 Å². The van der Waals surface area contributed by atoms with E-state index in [1.807, 2.05) is 45.0 Å². The number of likely N-dealkylation sites (N-methyl/N-ethyl adjacent to an activating group) is 1. The van der Waals surface area contributed by atoms with E-state index in [9.17, 15) is 9.59 Å². The van der Waals surface area contributed by atoms with Crippen LogP contribution in [0.4, 0.5) is 11.4 Å². The number of hydrogen-bond acceptors (Lipinski definition) is 5. The summed E-state index contributed by atoms with van der Waals surface area (Å²) >= 11 is 0. The van der Waals surface area contributed by atoms with Gasteiger partial charge in [0.25, 0.3) is 11.8 Å². The highest BCUT2D eigenvalue weighted by molar-refractivity contribution is 6.04. The molecule has 2 heterocycles. The monoisotopic (exact) mass is 395 g/mol. The Balaban J connectivity index is 1.64. The van der Waals surface area contributed by atoms with Gasteiger partial charge in [0.1, 0.15) is 5.69 Å². The Kier molecular flexibility index (Phi) is 6.17. The number of piperazine rings is 1. The Labute approximate surface area is 172 Å². The largest absolute Gasteiger partial charge is 0.369 e. The summed E-state index contributed by atoms with van der Waals surface area (Å²) in [5.74, 6) is -0.576. The average molecular weight is 396 g/mol. The van der Waals surface area contributed by atoms with Crippen LogP contribution in [0.2, 0.25) is 0 Å². The summed E-state index contributed by atoms with van der Waals surface area (Å²) in [4.78, 5) is 33.7. The van der Waals surface area contributed by atoms with Crippen LogP contribution >= 0.6 is 0 Å². The summed E-state index contributed by atoms with van der Waals surface area (Å²) in [5.41, 5.74) is 2.10. The van der Waals surface area contributed by atoms with E-state index in [1.54, 1.807) is 6.07 Å². The van der Waals surface area contributed by atoms with Gasteiger partial charge < -0.3 is 20.4 Å². The van der Waals surface area contributed by atoms with Crippen molar-refractivity contribution in [1.29, 1.82) is 0 Å². The molecular formula is C22H29N5O2. The number of carbonyl (C=O) groups is 2. The van der Waals surface area contributed by atoms with E-state index in [-0.39, 0.29) is 23.0 Å². The van der Waals surface area contributed by atoms with E-state index in [4.69, 9.17) is 0 Å². The van der Waals surface area contributed by atoms with Gasteiger partial charge in [-0.25, -0.2) is 0 Å². The Morgan fingerprint density at radius 3 is 2.24 bits per heavy atom. The van der Waals surface area contributed by atoms with Crippen LogP contribution in [0.1, 0.15) is 41.6 Å². The Morgan fingerprint density at radius 1 is 0.966 bits per heavy atom. The molecule has 0 radical (unpaired) electrons. The second-order valence-electron chi connectivity index (χ2n) is 8.43. The average Bonchev–Trinajstić information content (AvgIpc) is 2.68. The van der Waals surface area contributed by atoms with E-state index < -0.39 is 0 Å². The lowest BCUT2D eigenvalue weighted by molar-refractivity contribution is 0.0919. The molecule has 0 unspecified atom stereocenters. The van der Waals surface area contributed by atoms with Crippen LogP contribution in [-0.2, 0) is 0 Å². The Bertz CT molecular complexity index is 866. The molecule has 0 bridgehead atoms. The fourth-order valence-electron chi connectivity index (χ4n) is 3.12. The molecule has 154 valence electrons. The maximum absolute atomic E-state index is 12.6. The van der Waals surface area contributed by atoms with Crippen molar-refractivity contribution in [3.05, 3.63) is 53.9 Å². The second kappa shape index (κ2) is 8.61. The standard InChI is InChI=1S/C22H29N5O2/c1-22(2,3)25-20(28)16-9-10-23-19(15-16)21(29)24-17-5-7-18(8-6-17)27-13-11-26(4)12-14-27/h5-10,15H,11-14H2,1-4H3,(H,24,29)(H,25,28). The summed E-state index contributed by atoms with van der Waals surface area (Å²) in [5, 5.41) is 5.74. The van der Waals surface area contributed by atoms with Crippen LogP contribution < -0.4 is 15.5 Å². The summed E-state index contributed by atoms with van der Waals surface area (Å²) in [6.07, 6.45) is 1.48.